The average Bonchev–Trinajstić information content (AvgIpc) is 2.99. The summed E-state index contributed by atoms with van der Waals surface area (Å²) in [5, 5.41) is 5.02. The molecular weight excluding hydrogens is 500 g/mol. The van der Waals surface area contributed by atoms with Crippen LogP contribution >= 0.6 is 0 Å². The number of nitrogens with zero attached hydrogens (tertiary/aromatic N) is 2. The Morgan fingerprint density at radius 3 is 2.77 bits per heavy atom. The number of pyridine rings is 1. The van der Waals surface area contributed by atoms with Crippen LogP contribution in [0.4, 0.5) is 0 Å². The normalized spacial score (nSPS) is 11.3. The van der Waals surface area contributed by atoms with E-state index in [1.807, 2.05) is 0 Å². The van der Waals surface area contributed by atoms with Gasteiger partial charge in [-0.2, -0.15) is 17.5 Å². The number of imidazole rings is 1. The van der Waals surface area contributed by atoms with Crippen molar-refractivity contribution in [3.05, 3.63) is 73.1 Å². The van der Waals surface area contributed by atoms with E-state index in [9.17, 15) is 0 Å². The van der Waals surface area contributed by atoms with Crippen molar-refractivity contribution in [2.75, 3.05) is 6.61 Å². The van der Waals surface area contributed by atoms with Crippen LogP contribution in [0.15, 0.2) is 73.1 Å². The molecule has 26 heavy (non-hydrogen) atoms. The van der Waals surface area contributed by atoms with Crippen LogP contribution in [-0.2, 0) is 20.1 Å². The van der Waals surface area contributed by atoms with E-state index in [4.69, 9.17) is 4.74 Å². The number of benzene rings is 2. The van der Waals surface area contributed by atoms with Crippen molar-refractivity contribution >= 4 is 32.7 Å². The molecule has 0 bridgehead atoms. The van der Waals surface area contributed by atoms with Gasteiger partial charge in [-0.05, 0) is 24.1 Å². The molecule has 0 N–H and O–H groups in total. The fraction of sp³-hybridized carbons (Fsp3) is 0.136. The van der Waals surface area contributed by atoms with Crippen LogP contribution in [0, 0.1) is 0 Å². The SMILES string of the molecule is CCCOc1cn2c3ccccc3c3cccc4[cH-]cc[cH-][n+]1c2c43.[Ir]. The van der Waals surface area contributed by atoms with E-state index >= 15 is 0 Å². The third-order valence-corrected chi connectivity index (χ3v) is 4.78. The minimum atomic E-state index is 0. The van der Waals surface area contributed by atoms with Gasteiger partial charge in [-0.3, -0.25) is 0 Å². The van der Waals surface area contributed by atoms with Gasteiger partial charge in [-0.25, -0.2) is 10.5 Å². The Morgan fingerprint density at radius 1 is 1.04 bits per heavy atom. The summed E-state index contributed by atoms with van der Waals surface area (Å²) in [5.74, 6) is 0.876. The van der Waals surface area contributed by atoms with Crippen molar-refractivity contribution in [3.63, 3.8) is 0 Å². The van der Waals surface area contributed by atoms with Crippen molar-refractivity contribution < 1.29 is 29.2 Å². The molecule has 0 aliphatic heterocycles. The third kappa shape index (κ3) is 2.41. The van der Waals surface area contributed by atoms with Crippen molar-refractivity contribution in [1.29, 1.82) is 0 Å². The quantitative estimate of drug-likeness (QED) is 0.191. The predicted molar refractivity (Wildman–Crippen MR) is 101 cm³/mol. The standard InChI is InChI=1S/C22H19N2O.Ir/c1-2-14-25-20-15-24-19-12-4-3-10-17(19)18-11-7-9-16-8-5-6-13-23(20)22(24)21(16)18;/h3-13,15H,2,14H2,1H3;/q-1;. The second kappa shape index (κ2) is 6.71. The zero-order valence-electron chi connectivity index (χ0n) is 14.5. The second-order valence-corrected chi connectivity index (χ2v) is 6.37. The second-order valence-electron chi connectivity index (χ2n) is 6.37. The van der Waals surface area contributed by atoms with E-state index in [2.05, 4.69) is 88.8 Å². The van der Waals surface area contributed by atoms with Crippen molar-refractivity contribution in [3.8, 4) is 5.88 Å². The van der Waals surface area contributed by atoms with E-state index in [0.29, 0.717) is 6.61 Å². The molecule has 5 rings (SSSR count). The predicted octanol–water partition coefficient (Wildman–Crippen LogP) is 4.77. The van der Waals surface area contributed by atoms with Crippen molar-refractivity contribution in [1.82, 2.24) is 4.40 Å². The topological polar surface area (TPSA) is 17.7 Å². The number of ether oxygens (including phenoxy) is 1. The number of rotatable bonds is 3. The first-order chi connectivity index (χ1) is 12.4. The Labute approximate surface area is 165 Å². The molecule has 0 unspecified atom stereocenters. The van der Waals surface area contributed by atoms with E-state index in [1.54, 1.807) is 0 Å². The van der Waals surface area contributed by atoms with Crippen LogP contribution in [0.5, 0.6) is 5.88 Å². The summed E-state index contributed by atoms with van der Waals surface area (Å²) in [6.45, 7) is 2.84. The zero-order valence-corrected chi connectivity index (χ0v) is 16.9. The smallest absolute Gasteiger partial charge is 0.244 e. The van der Waals surface area contributed by atoms with Gasteiger partial charge in [0, 0.05) is 25.5 Å². The maximum Gasteiger partial charge on any atom is 0.244 e. The molecule has 3 nitrogen and oxygen atoms in total. The maximum absolute atomic E-state index is 6.05. The summed E-state index contributed by atoms with van der Waals surface area (Å²) < 4.78 is 10.5. The molecular formula is C22H19IrN2O-. The molecule has 0 fully saturated rings. The number of para-hydroxylation sites is 1. The molecule has 0 saturated carbocycles. The van der Waals surface area contributed by atoms with Crippen LogP contribution in [0.25, 0.3) is 32.7 Å². The van der Waals surface area contributed by atoms with Gasteiger partial charge in [0.05, 0.1) is 6.61 Å². The Morgan fingerprint density at radius 2 is 1.88 bits per heavy atom. The van der Waals surface area contributed by atoms with Crippen LogP contribution < -0.4 is 9.14 Å². The minimum Gasteiger partial charge on any atom is -0.502 e. The molecule has 0 aliphatic rings. The molecule has 1 radical (unpaired) electrons. The molecule has 2 aromatic carbocycles. The van der Waals surface area contributed by atoms with E-state index < -0.39 is 0 Å². The van der Waals surface area contributed by atoms with E-state index in [1.165, 1.54) is 27.1 Å². The summed E-state index contributed by atoms with van der Waals surface area (Å²) >= 11 is 0. The first-order valence-corrected chi connectivity index (χ1v) is 8.76. The van der Waals surface area contributed by atoms with E-state index in [0.717, 1.165) is 17.9 Å². The van der Waals surface area contributed by atoms with Gasteiger partial charge in [0.1, 0.15) is 11.7 Å². The van der Waals surface area contributed by atoms with Crippen molar-refractivity contribution in [2.24, 2.45) is 0 Å². The summed E-state index contributed by atoms with van der Waals surface area (Å²) in [6.07, 6.45) is 5.18. The number of hydrogen-bond donors (Lipinski definition) is 0. The number of fused-ring (bicyclic) bond motifs is 3. The molecule has 0 spiro atoms. The fourth-order valence-electron chi connectivity index (χ4n) is 3.73. The van der Waals surface area contributed by atoms with Gasteiger partial charge in [0.2, 0.25) is 5.88 Å². The molecule has 0 aliphatic carbocycles. The molecule has 3 heterocycles. The molecule has 0 atom stereocenters. The molecule has 0 amide bonds. The van der Waals surface area contributed by atoms with Gasteiger partial charge in [0.25, 0.3) is 0 Å². The van der Waals surface area contributed by atoms with E-state index in [-0.39, 0.29) is 20.1 Å². The van der Waals surface area contributed by atoms with Gasteiger partial charge in [0.15, 0.2) is 5.65 Å². The monoisotopic (exact) mass is 520 g/mol. The largest absolute Gasteiger partial charge is 0.502 e. The van der Waals surface area contributed by atoms with Gasteiger partial charge in [-0.1, -0.05) is 36.6 Å². The van der Waals surface area contributed by atoms with Gasteiger partial charge in [-0.15, -0.1) is 12.1 Å². The molecule has 3 aromatic heterocycles. The third-order valence-electron chi connectivity index (χ3n) is 4.78. The van der Waals surface area contributed by atoms with Crippen LogP contribution in [0.3, 0.4) is 0 Å². The Balaban J connectivity index is 0.00000168. The Bertz CT molecular complexity index is 1240. The molecule has 5 aromatic rings. The van der Waals surface area contributed by atoms with Gasteiger partial charge < -0.3 is 9.14 Å². The number of hydrogen-bond acceptors (Lipinski definition) is 1. The summed E-state index contributed by atoms with van der Waals surface area (Å²) in [7, 11) is 0. The fourth-order valence-corrected chi connectivity index (χ4v) is 3.73. The Kier molecular flexibility index (Phi) is 4.39. The first kappa shape index (κ1) is 17.0. The van der Waals surface area contributed by atoms with Crippen LogP contribution in [0.1, 0.15) is 13.3 Å². The molecule has 4 heteroatoms. The summed E-state index contributed by atoms with van der Waals surface area (Å²) in [4.78, 5) is 0. The molecule has 0 saturated heterocycles. The van der Waals surface area contributed by atoms with Gasteiger partial charge >= 0.3 is 0 Å². The summed E-state index contributed by atoms with van der Waals surface area (Å²) in [5.41, 5.74) is 2.34. The zero-order chi connectivity index (χ0) is 16.8. The first-order valence-electron chi connectivity index (χ1n) is 8.76. The maximum atomic E-state index is 6.05. The summed E-state index contributed by atoms with van der Waals surface area (Å²) in [6, 6.07) is 21.4. The Hall–Kier alpha value is -2.42. The van der Waals surface area contributed by atoms with Crippen molar-refractivity contribution in [2.45, 2.75) is 13.3 Å². The average molecular weight is 520 g/mol. The minimum absolute atomic E-state index is 0. The van der Waals surface area contributed by atoms with Crippen LogP contribution in [0.2, 0.25) is 0 Å². The molecule has 133 valence electrons. The van der Waals surface area contributed by atoms with Crippen LogP contribution in [-0.4, -0.2) is 11.0 Å². The number of aromatic nitrogens is 2.